The van der Waals surface area contributed by atoms with Gasteiger partial charge in [0.05, 0.1) is 0 Å². The van der Waals surface area contributed by atoms with Crippen LogP contribution in [0.5, 0.6) is 0 Å². The van der Waals surface area contributed by atoms with Gasteiger partial charge in [-0.2, -0.15) is 0 Å². The molecule has 6 heteroatoms. The normalized spacial score (nSPS) is 13.1. The molecular formula is C59H94O6. The Bertz CT molecular complexity index is 1400. The average molecular weight is 899 g/mol. The highest BCUT2D eigenvalue weighted by molar-refractivity contribution is 5.71. The number of carbonyl (C=O) groups is 3. The predicted octanol–water partition coefficient (Wildman–Crippen LogP) is 17.3. The average Bonchev–Trinajstić information content (AvgIpc) is 3.30. The van der Waals surface area contributed by atoms with Gasteiger partial charge in [0, 0.05) is 19.3 Å². The minimum Gasteiger partial charge on any atom is -0.462 e. The van der Waals surface area contributed by atoms with E-state index in [0.29, 0.717) is 19.3 Å². The standard InChI is InChI=1S/C59H94O6/c1-4-7-10-13-16-19-22-25-28-29-32-35-38-41-44-47-50-53-59(62)65-56(54-63-57(60)51-48-45-42-39-36-33-30-26-23-20-17-14-11-8-5-2)55-64-58(61)52-49-46-43-40-37-34-31-27-24-21-18-15-12-9-6-3/h7-8,10-11,16-17,19-21,24-26,28,30,32,35-36,39,41,44,56H,4-6,9,12-15,18,22-23,27,29,31,33-34,37-38,40,42-43,45-55H2,1-3H3/b10-7-,11-8-,19-16-,20-17-,24-21-,28-25-,30-26-,35-32-,39-36-,44-41-/t56-/m1/s1. The summed E-state index contributed by atoms with van der Waals surface area (Å²) in [6.45, 7) is 6.29. The molecule has 0 saturated heterocycles. The van der Waals surface area contributed by atoms with Gasteiger partial charge in [-0.1, -0.05) is 194 Å². The zero-order chi connectivity index (χ0) is 47.2. The van der Waals surface area contributed by atoms with Crippen LogP contribution in [0.25, 0.3) is 0 Å². The van der Waals surface area contributed by atoms with E-state index in [1.807, 2.05) is 0 Å². The lowest BCUT2D eigenvalue weighted by atomic mass is 10.1. The van der Waals surface area contributed by atoms with E-state index >= 15 is 0 Å². The van der Waals surface area contributed by atoms with Gasteiger partial charge in [0.1, 0.15) is 13.2 Å². The molecular weight excluding hydrogens is 805 g/mol. The molecule has 0 aliphatic carbocycles. The van der Waals surface area contributed by atoms with Crippen LogP contribution in [0.3, 0.4) is 0 Å². The molecule has 0 fully saturated rings. The van der Waals surface area contributed by atoms with Gasteiger partial charge < -0.3 is 14.2 Å². The van der Waals surface area contributed by atoms with Crippen LogP contribution in [0.1, 0.15) is 213 Å². The summed E-state index contributed by atoms with van der Waals surface area (Å²) in [5, 5.41) is 0. The largest absolute Gasteiger partial charge is 0.462 e. The number of ether oxygens (including phenoxy) is 3. The van der Waals surface area contributed by atoms with Gasteiger partial charge in [0.15, 0.2) is 6.10 Å². The van der Waals surface area contributed by atoms with Crippen molar-refractivity contribution >= 4 is 17.9 Å². The third-order valence-electron chi connectivity index (χ3n) is 10.4. The second kappa shape index (κ2) is 52.4. The Labute approximate surface area is 399 Å². The lowest BCUT2D eigenvalue weighted by Gasteiger charge is -2.18. The molecule has 65 heavy (non-hydrogen) atoms. The minimum absolute atomic E-state index is 0.119. The van der Waals surface area contributed by atoms with Crippen LogP contribution in [-0.4, -0.2) is 37.2 Å². The van der Waals surface area contributed by atoms with E-state index < -0.39 is 6.10 Å². The van der Waals surface area contributed by atoms with Crippen molar-refractivity contribution in [3.63, 3.8) is 0 Å². The fourth-order valence-electron chi connectivity index (χ4n) is 6.58. The van der Waals surface area contributed by atoms with Crippen LogP contribution in [0.15, 0.2) is 122 Å². The van der Waals surface area contributed by atoms with E-state index in [9.17, 15) is 14.4 Å². The molecule has 0 unspecified atom stereocenters. The van der Waals surface area contributed by atoms with E-state index in [1.165, 1.54) is 64.2 Å². The van der Waals surface area contributed by atoms with Crippen LogP contribution < -0.4 is 0 Å². The van der Waals surface area contributed by atoms with Gasteiger partial charge in [0.2, 0.25) is 0 Å². The third kappa shape index (κ3) is 50.7. The molecule has 0 aromatic heterocycles. The predicted molar refractivity (Wildman–Crippen MR) is 279 cm³/mol. The lowest BCUT2D eigenvalue weighted by molar-refractivity contribution is -0.167. The smallest absolute Gasteiger partial charge is 0.306 e. The molecule has 0 aromatic carbocycles. The molecule has 0 bridgehead atoms. The van der Waals surface area contributed by atoms with Gasteiger partial charge in [-0.25, -0.2) is 0 Å². The summed E-state index contributed by atoms with van der Waals surface area (Å²) in [5.74, 6) is -1.03. The number of carbonyl (C=O) groups excluding carboxylic acids is 3. The fourth-order valence-corrected chi connectivity index (χ4v) is 6.58. The summed E-state index contributed by atoms with van der Waals surface area (Å²) in [6, 6.07) is 0. The molecule has 0 aliphatic rings. The molecule has 0 aromatic rings. The highest BCUT2D eigenvalue weighted by Crippen LogP contribution is 2.12. The monoisotopic (exact) mass is 899 g/mol. The van der Waals surface area contributed by atoms with Gasteiger partial charge in [-0.05, 0) is 122 Å². The Hall–Kier alpha value is -4.19. The van der Waals surface area contributed by atoms with Crippen LogP contribution in [-0.2, 0) is 28.6 Å². The molecule has 0 saturated carbocycles. The Kier molecular flexibility index (Phi) is 49.1. The number of esters is 3. The number of hydrogen-bond acceptors (Lipinski definition) is 6. The Morgan fingerprint density at radius 2 is 0.615 bits per heavy atom. The summed E-state index contributed by atoms with van der Waals surface area (Å²) >= 11 is 0. The van der Waals surface area contributed by atoms with Crippen molar-refractivity contribution in [1.29, 1.82) is 0 Å². The molecule has 0 spiro atoms. The van der Waals surface area contributed by atoms with E-state index in [0.717, 1.165) is 96.3 Å². The van der Waals surface area contributed by atoms with E-state index in [4.69, 9.17) is 14.2 Å². The van der Waals surface area contributed by atoms with Gasteiger partial charge in [-0.15, -0.1) is 0 Å². The van der Waals surface area contributed by atoms with Crippen molar-refractivity contribution in [1.82, 2.24) is 0 Å². The zero-order valence-corrected chi connectivity index (χ0v) is 41.7. The molecule has 0 heterocycles. The van der Waals surface area contributed by atoms with E-state index in [1.54, 1.807) is 0 Å². The number of rotatable bonds is 45. The van der Waals surface area contributed by atoms with Crippen LogP contribution in [0, 0.1) is 0 Å². The van der Waals surface area contributed by atoms with Crippen LogP contribution in [0.2, 0.25) is 0 Å². The first-order chi connectivity index (χ1) is 32.0. The van der Waals surface area contributed by atoms with E-state index in [2.05, 4.69) is 142 Å². The van der Waals surface area contributed by atoms with Crippen molar-refractivity contribution in [2.45, 2.75) is 219 Å². The fraction of sp³-hybridized carbons (Fsp3) is 0.610. The second-order valence-electron chi connectivity index (χ2n) is 16.7. The van der Waals surface area contributed by atoms with Crippen molar-refractivity contribution in [2.75, 3.05) is 13.2 Å². The van der Waals surface area contributed by atoms with Crippen molar-refractivity contribution in [3.05, 3.63) is 122 Å². The quantitative estimate of drug-likeness (QED) is 0.0262. The van der Waals surface area contributed by atoms with E-state index in [-0.39, 0.29) is 44.0 Å². The SMILES string of the molecule is CC/C=C\C/C=C\C/C=C\C/C=C\C/C=C\CCCC(=O)O[C@H](COC(=O)CCCC/C=C\C/C=C\C/C=C\C/C=C\CC)COC(=O)CCCCCCCCC/C=C\CCCCCC. The third-order valence-corrected chi connectivity index (χ3v) is 10.4. The van der Waals surface area contributed by atoms with Crippen molar-refractivity contribution in [2.24, 2.45) is 0 Å². The van der Waals surface area contributed by atoms with Gasteiger partial charge in [-0.3, -0.25) is 14.4 Å². The summed E-state index contributed by atoms with van der Waals surface area (Å²) in [5.41, 5.74) is 0. The molecule has 1 atom stereocenters. The summed E-state index contributed by atoms with van der Waals surface area (Å²) in [7, 11) is 0. The molecule has 6 nitrogen and oxygen atoms in total. The summed E-state index contributed by atoms with van der Waals surface area (Å²) in [4.78, 5) is 38.0. The highest BCUT2D eigenvalue weighted by Gasteiger charge is 2.19. The zero-order valence-electron chi connectivity index (χ0n) is 41.7. The van der Waals surface area contributed by atoms with Gasteiger partial charge in [0.25, 0.3) is 0 Å². The van der Waals surface area contributed by atoms with Gasteiger partial charge >= 0.3 is 17.9 Å². The molecule has 0 radical (unpaired) electrons. The Morgan fingerprint density at radius 1 is 0.323 bits per heavy atom. The topological polar surface area (TPSA) is 78.9 Å². The summed E-state index contributed by atoms with van der Waals surface area (Å²) < 4.78 is 16.7. The Balaban J connectivity index is 4.58. The first-order valence-electron chi connectivity index (χ1n) is 26.0. The van der Waals surface area contributed by atoms with Crippen molar-refractivity contribution in [3.8, 4) is 0 Å². The molecule has 0 aliphatic heterocycles. The lowest BCUT2D eigenvalue weighted by Crippen LogP contribution is -2.30. The molecule has 0 rings (SSSR count). The number of allylic oxidation sites excluding steroid dienone is 20. The van der Waals surface area contributed by atoms with Crippen molar-refractivity contribution < 1.29 is 28.6 Å². The van der Waals surface area contributed by atoms with Crippen LogP contribution in [0.4, 0.5) is 0 Å². The van der Waals surface area contributed by atoms with Crippen LogP contribution >= 0.6 is 0 Å². The minimum atomic E-state index is -0.829. The maximum atomic E-state index is 12.8. The maximum absolute atomic E-state index is 12.8. The number of unbranched alkanes of at least 4 members (excludes halogenated alkanes) is 14. The first-order valence-corrected chi connectivity index (χ1v) is 26.0. The molecule has 366 valence electrons. The first kappa shape index (κ1) is 60.8. The second-order valence-corrected chi connectivity index (χ2v) is 16.7. The maximum Gasteiger partial charge on any atom is 0.306 e. The molecule has 0 N–H and O–H groups in total. The summed E-state index contributed by atoms with van der Waals surface area (Å²) in [6.07, 6.45) is 71.9. The Morgan fingerprint density at radius 3 is 1.03 bits per heavy atom. The highest BCUT2D eigenvalue weighted by atomic mass is 16.6. The molecule has 0 amide bonds. The number of hydrogen-bond donors (Lipinski definition) is 0.